The van der Waals surface area contributed by atoms with Gasteiger partial charge < -0.3 is 21.2 Å². The number of hydrogen-bond acceptors (Lipinski definition) is 8. The van der Waals surface area contributed by atoms with Gasteiger partial charge in [-0.05, 0) is 43.4 Å². The van der Waals surface area contributed by atoms with Gasteiger partial charge in [-0.1, -0.05) is 23.7 Å². The van der Waals surface area contributed by atoms with Gasteiger partial charge >= 0.3 is 0 Å². The van der Waals surface area contributed by atoms with Crippen LogP contribution in [-0.4, -0.2) is 45.0 Å². The van der Waals surface area contributed by atoms with E-state index in [0.717, 1.165) is 43.7 Å². The van der Waals surface area contributed by atoms with E-state index in [1.807, 2.05) is 18.3 Å². The Kier molecular flexibility index (Phi) is 9.93. The number of amides is 1. The molecule has 0 spiro atoms. The monoisotopic (exact) mass is 519 g/mol. The smallest absolute Gasteiger partial charge is 0.280 e. The number of carbonyl (C=O) groups excluding carboxylic acids is 1. The van der Waals surface area contributed by atoms with Gasteiger partial charge in [-0.3, -0.25) is 19.9 Å². The number of hydrogen-bond donors (Lipinski definition) is 5. The van der Waals surface area contributed by atoms with Gasteiger partial charge in [-0.25, -0.2) is 15.0 Å². The van der Waals surface area contributed by atoms with Gasteiger partial charge in [0.2, 0.25) is 5.96 Å². The molecule has 3 aromatic rings. The maximum absolute atomic E-state index is 12.3. The number of halogens is 2. The van der Waals surface area contributed by atoms with Gasteiger partial charge in [0.25, 0.3) is 5.91 Å². The molecule has 13 heteroatoms. The van der Waals surface area contributed by atoms with Crippen LogP contribution in [0.1, 0.15) is 41.1 Å². The second kappa shape index (κ2) is 13.4. The van der Waals surface area contributed by atoms with Crippen molar-refractivity contribution >= 4 is 46.9 Å². The summed E-state index contributed by atoms with van der Waals surface area (Å²) in [6, 6.07) is 8.06. The first-order valence-corrected chi connectivity index (χ1v) is 11.7. The number of ether oxygens (including phenoxy) is 1. The first-order chi connectivity index (χ1) is 17.0. The number of anilines is 2. The second-order valence-corrected chi connectivity index (χ2v) is 8.05. The molecular formula is C22H27Cl2N9O2. The lowest BCUT2D eigenvalue weighted by Crippen LogP contribution is -2.38. The summed E-state index contributed by atoms with van der Waals surface area (Å²) >= 11 is 11.5. The van der Waals surface area contributed by atoms with Crippen molar-refractivity contribution in [2.45, 2.75) is 32.1 Å². The minimum absolute atomic E-state index is 0.0617. The number of nitrogens with one attached hydrogen (secondary N) is 3. The number of aromatic amines is 1. The maximum Gasteiger partial charge on any atom is 0.280 e. The van der Waals surface area contributed by atoms with Crippen LogP contribution < -0.4 is 26.4 Å². The number of nitrogens with zero attached hydrogens (tertiary/aromatic N) is 4. The molecule has 2 heterocycles. The first-order valence-electron chi connectivity index (χ1n) is 11.0. The van der Waals surface area contributed by atoms with E-state index in [-0.39, 0.29) is 28.4 Å². The third kappa shape index (κ3) is 8.30. The van der Waals surface area contributed by atoms with Crippen LogP contribution in [0, 0.1) is 0 Å². The zero-order valence-electron chi connectivity index (χ0n) is 18.9. The number of imidazole rings is 1. The number of nitrogen functional groups attached to an aromatic ring is 2. The van der Waals surface area contributed by atoms with Crippen LogP contribution >= 0.6 is 23.4 Å². The van der Waals surface area contributed by atoms with E-state index in [1.54, 1.807) is 6.20 Å². The Bertz CT molecular complexity index is 1120. The number of rotatable bonds is 11. The molecule has 11 nitrogen and oxygen atoms in total. The molecule has 0 radical (unpaired) electrons. The highest BCUT2D eigenvalue weighted by atomic mass is 35.5. The molecule has 2 aromatic heterocycles. The molecule has 3 rings (SSSR count). The fourth-order valence-corrected chi connectivity index (χ4v) is 3.35. The SMILES string of the molecule is Nc1nc(N)c(C(=O)NC(=NCCCCc2ccc(OCCCc3ncc[nH]3)cc2)NCl)nc1Cl. The fourth-order valence-electron chi connectivity index (χ4n) is 3.12. The molecule has 0 aliphatic heterocycles. The minimum atomic E-state index is -0.660. The average Bonchev–Trinajstić information content (AvgIpc) is 3.37. The molecule has 0 bridgehead atoms. The number of unbranched alkanes of at least 4 members (excludes halogenated alkanes) is 1. The number of guanidine groups is 1. The summed E-state index contributed by atoms with van der Waals surface area (Å²) < 4.78 is 5.78. The largest absolute Gasteiger partial charge is 0.494 e. The molecule has 0 saturated heterocycles. The minimum Gasteiger partial charge on any atom is -0.494 e. The number of H-pyrrole nitrogens is 1. The lowest BCUT2D eigenvalue weighted by atomic mass is 10.1. The molecule has 0 aliphatic carbocycles. The summed E-state index contributed by atoms with van der Waals surface area (Å²) in [5, 5.41) is 2.36. The molecule has 0 aliphatic rings. The average molecular weight is 520 g/mol. The van der Waals surface area contributed by atoms with Gasteiger partial charge in [0.1, 0.15) is 11.6 Å². The lowest BCUT2D eigenvalue weighted by Gasteiger charge is -2.09. The Hall–Kier alpha value is -3.57. The first kappa shape index (κ1) is 26.0. The number of aromatic nitrogens is 4. The van der Waals surface area contributed by atoms with Crippen molar-refractivity contribution in [3.8, 4) is 5.75 Å². The predicted octanol–water partition coefficient (Wildman–Crippen LogP) is 2.88. The van der Waals surface area contributed by atoms with E-state index in [0.29, 0.717) is 13.2 Å². The summed E-state index contributed by atoms with van der Waals surface area (Å²) in [7, 11) is 0. The van der Waals surface area contributed by atoms with Crippen molar-refractivity contribution in [1.82, 2.24) is 30.1 Å². The number of aliphatic imine (C=N–C) groups is 1. The van der Waals surface area contributed by atoms with Crippen molar-refractivity contribution in [1.29, 1.82) is 0 Å². The van der Waals surface area contributed by atoms with E-state index >= 15 is 0 Å². The van der Waals surface area contributed by atoms with Gasteiger partial charge in [0.15, 0.2) is 22.5 Å². The van der Waals surface area contributed by atoms with E-state index < -0.39 is 5.91 Å². The second-order valence-electron chi connectivity index (χ2n) is 7.50. The van der Waals surface area contributed by atoms with Gasteiger partial charge in [-0.15, -0.1) is 0 Å². The Balaban J connectivity index is 1.36. The third-order valence-corrected chi connectivity index (χ3v) is 5.35. The van der Waals surface area contributed by atoms with E-state index in [2.05, 4.69) is 47.2 Å². The Morgan fingerprint density at radius 2 is 1.89 bits per heavy atom. The van der Waals surface area contributed by atoms with Crippen LogP contribution in [0.3, 0.4) is 0 Å². The lowest BCUT2D eigenvalue weighted by molar-refractivity contribution is 0.0972. The number of benzene rings is 1. The Labute approximate surface area is 212 Å². The highest BCUT2D eigenvalue weighted by Crippen LogP contribution is 2.17. The molecule has 186 valence electrons. The Morgan fingerprint density at radius 1 is 1.09 bits per heavy atom. The van der Waals surface area contributed by atoms with Crippen molar-refractivity contribution < 1.29 is 9.53 Å². The van der Waals surface area contributed by atoms with Crippen LogP contribution in [0.2, 0.25) is 5.15 Å². The molecule has 35 heavy (non-hydrogen) atoms. The quantitative estimate of drug-likeness (QED) is 0.111. The summed E-state index contributed by atoms with van der Waals surface area (Å²) in [5.41, 5.74) is 12.2. The van der Waals surface area contributed by atoms with E-state index in [1.165, 1.54) is 5.56 Å². The molecule has 1 aromatic carbocycles. The van der Waals surface area contributed by atoms with Crippen molar-refractivity contribution in [2.24, 2.45) is 4.99 Å². The molecule has 0 fully saturated rings. The molecular weight excluding hydrogens is 493 g/mol. The van der Waals surface area contributed by atoms with Crippen molar-refractivity contribution in [3.05, 3.63) is 58.9 Å². The van der Waals surface area contributed by atoms with Gasteiger partial charge in [0.05, 0.1) is 6.61 Å². The van der Waals surface area contributed by atoms with Crippen LogP contribution in [0.25, 0.3) is 0 Å². The van der Waals surface area contributed by atoms with Gasteiger partial charge in [0, 0.05) is 37.1 Å². The third-order valence-electron chi connectivity index (χ3n) is 4.89. The normalized spacial score (nSPS) is 11.3. The molecule has 0 atom stereocenters. The van der Waals surface area contributed by atoms with Crippen molar-refractivity contribution in [3.63, 3.8) is 0 Å². The summed E-state index contributed by atoms with van der Waals surface area (Å²) in [6.07, 6.45) is 7.90. The summed E-state index contributed by atoms with van der Waals surface area (Å²) in [5.74, 6) is 1.01. The number of aryl methyl sites for hydroxylation is 2. The highest BCUT2D eigenvalue weighted by molar-refractivity contribution is 6.32. The standard InChI is InChI=1S/C22H27Cl2N9O2/c23-18-20(26)31-19(25)17(30-18)21(34)32-22(33-24)29-10-2-1-4-14-6-8-15(9-7-14)35-13-3-5-16-27-11-12-28-16/h6-9,11-12H,1-5,10,13H2,(H,27,28)(H4,25,26,31)(H2,29,32,33,34). The summed E-state index contributed by atoms with van der Waals surface area (Å²) in [6.45, 7) is 1.09. The Morgan fingerprint density at radius 3 is 2.60 bits per heavy atom. The number of carbonyl (C=O) groups is 1. The van der Waals surface area contributed by atoms with Gasteiger partial charge in [-0.2, -0.15) is 0 Å². The van der Waals surface area contributed by atoms with Crippen LogP contribution in [0.5, 0.6) is 5.75 Å². The fraction of sp³-hybridized carbons (Fsp3) is 0.318. The van der Waals surface area contributed by atoms with Crippen molar-refractivity contribution in [2.75, 3.05) is 24.6 Å². The van der Waals surface area contributed by atoms with E-state index in [9.17, 15) is 4.79 Å². The van der Waals surface area contributed by atoms with Crippen LogP contribution in [0.15, 0.2) is 41.7 Å². The zero-order chi connectivity index (χ0) is 25.0. The molecule has 7 N–H and O–H groups in total. The molecule has 0 saturated carbocycles. The van der Waals surface area contributed by atoms with Crippen LogP contribution in [-0.2, 0) is 12.8 Å². The predicted molar refractivity (Wildman–Crippen MR) is 136 cm³/mol. The van der Waals surface area contributed by atoms with Crippen LogP contribution in [0.4, 0.5) is 11.6 Å². The van der Waals surface area contributed by atoms with E-state index in [4.69, 9.17) is 39.6 Å². The zero-order valence-corrected chi connectivity index (χ0v) is 20.4. The summed E-state index contributed by atoms with van der Waals surface area (Å²) in [4.78, 5) is 33.8. The molecule has 0 unspecified atom stereocenters. The topological polar surface area (TPSA) is 169 Å². The molecule has 1 amide bonds. The number of nitrogens with two attached hydrogens (primary N) is 2. The maximum atomic E-state index is 12.3. The highest BCUT2D eigenvalue weighted by Gasteiger charge is 2.17.